The van der Waals surface area contributed by atoms with Crippen LogP contribution in [-0.2, 0) is 46.2 Å². The monoisotopic (exact) mass is 456 g/mol. The van der Waals surface area contributed by atoms with Crippen LogP contribution in [0.3, 0.4) is 0 Å². The number of aromatic nitrogens is 2. The van der Waals surface area contributed by atoms with E-state index >= 15 is 0 Å². The first-order valence-corrected chi connectivity index (χ1v) is 9.30. The topological polar surface area (TPSA) is 44.1 Å². The molecule has 1 radical (unpaired) electrons. The van der Waals surface area contributed by atoms with E-state index in [1.807, 2.05) is 45.0 Å². The number of benzene rings is 1. The molecular formula is C23H31N2O2Y-. The zero-order valence-corrected chi connectivity index (χ0v) is 20.8. The predicted molar refractivity (Wildman–Crippen MR) is 113 cm³/mol. The first kappa shape index (κ1) is 26.6. The molecule has 1 aliphatic carbocycles. The van der Waals surface area contributed by atoms with Gasteiger partial charge in [0.2, 0.25) is 0 Å². The van der Waals surface area contributed by atoms with Crippen molar-refractivity contribution < 1.29 is 37.4 Å². The number of rotatable bonds is 5. The number of hydrogen-bond donors (Lipinski definition) is 0. The molecular weight excluding hydrogens is 425 g/mol. The minimum Gasteiger partial charge on any atom is -0.475 e. The molecule has 0 saturated heterocycles. The Morgan fingerprint density at radius 2 is 1.93 bits per heavy atom. The zero-order chi connectivity index (χ0) is 19.3. The van der Waals surface area contributed by atoms with Gasteiger partial charge >= 0.3 is 0 Å². The number of ether oxygens (including phenoxy) is 1. The minimum atomic E-state index is -0.417. The fourth-order valence-electron chi connectivity index (χ4n) is 2.83. The molecule has 1 aromatic heterocycles. The normalized spacial score (nSPS) is 13.0. The Labute approximate surface area is 195 Å². The van der Waals surface area contributed by atoms with Gasteiger partial charge in [-0.1, -0.05) is 44.0 Å². The molecule has 3 rings (SSSR count). The first-order valence-electron chi connectivity index (χ1n) is 9.30. The second-order valence-corrected chi connectivity index (χ2v) is 6.47. The van der Waals surface area contributed by atoms with Crippen molar-refractivity contribution in [3.8, 4) is 29.2 Å². The maximum atomic E-state index is 12.8. The molecule has 0 bridgehead atoms. The molecule has 0 aliphatic heterocycles. The van der Waals surface area contributed by atoms with E-state index in [4.69, 9.17) is 11.2 Å². The minimum absolute atomic E-state index is 0. The van der Waals surface area contributed by atoms with Crippen molar-refractivity contribution in [3.05, 3.63) is 53.3 Å². The van der Waals surface area contributed by atoms with Gasteiger partial charge in [-0.3, -0.25) is 4.79 Å². The molecule has 1 saturated carbocycles. The maximum Gasteiger partial charge on any atom is 0.278 e. The van der Waals surface area contributed by atoms with Crippen LogP contribution in [0.4, 0.5) is 0 Å². The fraction of sp³-hybridized carbons (Fsp3) is 0.435. The van der Waals surface area contributed by atoms with E-state index in [0.717, 1.165) is 23.2 Å². The van der Waals surface area contributed by atoms with Gasteiger partial charge in [-0.2, -0.15) is 5.10 Å². The second kappa shape index (κ2) is 12.2. The van der Waals surface area contributed by atoms with Gasteiger partial charge in [0.05, 0.1) is 5.56 Å². The quantitative estimate of drug-likeness (QED) is 0.489. The molecule has 0 N–H and O–H groups in total. The maximum absolute atomic E-state index is 12.8. The van der Waals surface area contributed by atoms with E-state index in [1.165, 1.54) is 17.5 Å². The standard InChI is InChI=1S/C20H22N2O2.C2H6.CH3.Y/c1-5-14(3)24-19-17(12-15-10-11-15)21-22(4)20(23)18(19)16-9-7-6-8-13(16)2;1-2;;/h1,6-9,14-15H,10-12H2,2-4H3;1-2H3;1H3;/q;;-1;. The van der Waals surface area contributed by atoms with E-state index in [2.05, 4.69) is 11.0 Å². The Bertz CT molecular complexity index is 864. The zero-order valence-electron chi connectivity index (χ0n) is 18.0. The van der Waals surface area contributed by atoms with Crippen LogP contribution in [0, 0.1) is 32.6 Å². The van der Waals surface area contributed by atoms with Crippen LogP contribution in [0.1, 0.15) is 44.9 Å². The summed E-state index contributed by atoms with van der Waals surface area (Å²) in [5.74, 6) is 3.75. The Kier molecular flexibility index (Phi) is 11.6. The molecule has 1 aliphatic rings. The van der Waals surface area contributed by atoms with Gasteiger partial charge in [0.25, 0.3) is 5.56 Å². The van der Waals surface area contributed by atoms with E-state index < -0.39 is 6.10 Å². The molecule has 0 spiro atoms. The molecule has 4 nitrogen and oxygen atoms in total. The summed E-state index contributed by atoms with van der Waals surface area (Å²) in [5, 5.41) is 4.47. The SMILES string of the molecule is C#CC(C)Oc1c(CC2CC2)nn(C)c(=O)c1-c1ccccc1C.CC.[CH3-].[Y]. The van der Waals surface area contributed by atoms with Crippen molar-refractivity contribution in [1.29, 1.82) is 0 Å². The Balaban J connectivity index is 0.00000177. The third-order valence-electron chi connectivity index (χ3n) is 4.39. The second-order valence-electron chi connectivity index (χ2n) is 6.47. The average molecular weight is 456 g/mol. The predicted octanol–water partition coefficient (Wildman–Crippen LogP) is 4.58. The van der Waals surface area contributed by atoms with Crippen molar-refractivity contribution in [2.24, 2.45) is 13.0 Å². The molecule has 28 heavy (non-hydrogen) atoms. The van der Waals surface area contributed by atoms with E-state index in [9.17, 15) is 4.79 Å². The van der Waals surface area contributed by atoms with Gasteiger partial charge in [0, 0.05) is 39.8 Å². The summed E-state index contributed by atoms with van der Waals surface area (Å²) in [7, 11) is 1.69. The van der Waals surface area contributed by atoms with Crippen LogP contribution in [0.2, 0.25) is 0 Å². The van der Waals surface area contributed by atoms with Crippen LogP contribution >= 0.6 is 0 Å². The van der Waals surface area contributed by atoms with Gasteiger partial charge in [-0.05, 0) is 50.2 Å². The van der Waals surface area contributed by atoms with Crippen molar-refractivity contribution in [1.82, 2.24) is 9.78 Å². The molecule has 1 heterocycles. The summed E-state index contributed by atoms with van der Waals surface area (Å²) >= 11 is 0. The summed E-state index contributed by atoms with van der Waals surface area (Å²) in [4.78, 5) is 12.8. The largest absolute Gasteiger partial charge is 0.475 e. The Morgan fingerprint density at radius 3 is 2.46 bits per heavy atom. The summed E-state index contributed by atoms with van der Waals surface area (Å²) < 4.78 is 7.40. The smallest absolute Gasteiger partial charge is 0.278 e. The number of nitrogens with zero attached hydrogens (tertiary/aromatic N) is 2. The molecule has 1 atom stereocenters. The summed E-state index contributed by atoms with van der Waals surface area (Å²) in [5.41, 5.74) is 3.11. The van der Waals surface area contributed by atoms with E-state index in [1.54, 1.807) is 14.0 Å². The van der Waals surface area contributed by atoms with Gasteiger partial charge in [-0.15, -0.1) is 6.42 Å². The van der Waals surface area contributed by atoms with Gasteiger partial charge in [0.1, 0.15) is 5.69 Å². The summed E-state index contributed by atoms with van der Waals surface area (Å²) in [6, 6.07) is 7.82. The van der Waals surface area contributed by atoms with E-state index in [0.29, 0.717) is 17.2 Å². The molecule has 1 unspecified atom stereocenters. The third-order valence-corrected chi connectivity index (χ3v) is 4.39. The average Bonchev–Trinajstić information content (AvgIpc) is 3.46. The molecule has 1 aromatic carbocycles. The third kappa shape index (κ3) is 6.29. The molecule has 149 valence electrons. The van der Waals surface area contributed by atoms with Crippen molar-refractivity contribution in [2.75, 3.05) is 0 Å². The molecule has 5 heteroatoms. The van der Waals surface area contributed by atoms with Gasteiger partial charge < -0.3 is 12.2 Å². The Hall–Kier alpha value is -1.44. The molecule has 2 aromatic rings. The van der Waals surface area contributed by atoms with E-state index in [-0.39, 0.29) is 45.7 Å². The summed E-state index contributed by atoms with van der Waals surface area (Å²) in [6.45, 7) is 7.80. The van der Waals surface area contributed by atoms with Crippen molar-refractivity contribution in [3.63, 3.8) is 0 Å². The van der Waals surface area contributed by atoms with Crippen LogP contribution < -0.4 is 10.3 Å². The Morgan fingerprint density at radius 1 is 1.32 bits per heavy atom. The summed E-state index contributed by atoms with van der Waals surface area (Å²) in [6.07, 6.45) is 8.30. The van der Waals surface area contributed by atoms with Crippen LogP contribution in [0.15, 0.2) is 29.1 Å². The van der Waals surface area contributed by atoms with Gasteiger partial charge in [-0.25, -0.2) is 4.68 Å². The van der Waals surface area contributed by atoms with Crippen molar-refractivity contribution in [2.45, 2.75) is 53.1 Å². The molecule has 0 amide bonds. The van der Waals surface area contributed by atoms with Gasteiger partial charge in [0.15, 0.2) is 11.9 Å². The molecule has 1 fully saturated rings. The van der Waals surface area contributed by atoms with Crippen LogP contribution in [0.25, 0.3) is 11.1 Å². The fourth-order valence-corrected chi connectivity index (χ4v) is 2.83. The number of hydrogen-bond acceptors (Lipinski definition) is 3. The van der Waals surface area contributed by atoms with Crippen molar-refractivity contribution >= 4 is 0 Å². The number of aryl methyl sites for hydroxylation is 2. The van der Waals surface area contributed by atoms with Crippen LogP contribution in [-0.4, -0.2) is 15.9 Å². The number of terminal acetylenes is 1. The first-order chi connectivity index (χ1) is 12.5. The van der Waals surface area contributed by atoms with Crippen LogP contribution in [0.5, 0.6) is 5.75 Å².